The summed E-state index contributed by atoms with van der Waals surface area (Å²) in [6.07, 6.45) is 2.20. The molecule has 1 heterocycles. The molecule has 0 bridgehead atoms. The average molecular weight is 672 g/mol. The quantitative estimate of drug-likeness (QED) is 0.155. The van der Waals surface area contributed by atoms with Crippen molar-refractivity contribution in [1.29, 1.82) is 0 Å². The molecule has 226 valence electrons. The second-order valence-corrected chi connectivity index (χ2v) is 10.8. The minimum atomic E-state index is -0.818. The Hall–Kier alpha value is -4.02. The van der Waals surface area contributed by atoms with E-state index in [2.05, 4.69) is 21.2 Å². The van der Waals surface area contributed by atoms with E-state index in [-0.39, 0.29) is 23.7 Å². The van der Waals surface area contributed by atoms with E-state index in [1.807, 2.05) is 45.0 Å². The zero-order valence-corrected chi connectivity index (χ0v) is 26.4. The third kappa shape index (κ3) is 8.09. The molecule has 1 fully saturated rings. The van der Waals surface area contributed by atoms with Gasteiger partial charge in [-0.2, -0.15) is 0 Å². The van der Waals surface area contributed by atoms with E-state index in [1.165, 1.54) is 6.08 Å². The predicted molar refractivity (Wildman–Crippen MR) is 167 cm³/mol. The maximum absolute atomic E-state index is 13.4. The number of nitrogens with zero attached hydrogens (tertiary/aromatic N) is 1. The molecule has 9 nitrogen and oxygen atoms in total. The van der Waals surface area contributed by atoms with E-state index >= 15 is 0 Å². The first-order valence-corrected chi connectivity index (χ1v) is 15.0. The largest absolute Gasteiger partial charge is 0.490 e. The van der Waals surface area contributed by atoms with Gasteiger partial charge in [0.1, 0.15) is 12.2 Å². The maximum Gasteiger partial charge on any atom is 0.331 e. The Morgan fingerprint density at radius 3 is 2.23 bits per heavy atom. The van der Waals surface area contributed by atoms with Crippen LogP contribution in [-0.4, -0.2) is 42.6 Å². The number of amides is 4. The van der Waals surface area contributed by atoms with Crippen LogP contribution in [0.5, 0.6) is 23.0 Å². The molecule has 11 heteroatoms. The third-order valence-corrected chi connectivity index (χ3v) is 7.04. The highest BCUT2D eigenvalue weighted by atomic mass is 79.9. The Kier molecular flexibility index (Phi) is 11.1. The molecule has 43 heavy (non-hydrogen) atoms. The van der Waals surface area contributed by atoms with Crippen LogP contribution in [0, 0.1) is 0 Å². The molecular weight excluding hydrogens is 640 g/mol. The number of rotatable bonds is 13. The Labute approximate surface area is 263 Å². The molecule has 4 amide bonds. The second-order valence-electron chi connectivity index (χ2n) is 9.45. The topological polar surface area (TPSA) is 103 Å². The van der Waals surface area contributed by atoms with E-state index in [0.717, 1.165) is 21.4 Å². The van der Waals surface area contributed by atoms with Crippen molar-refractivity contribution in [2.75, 3.05) is 19.8 Å². The zero-order valence-electron chi connectivity index (χ0n) is 24.1. The van der Waals surface area contributed by atoms with Gasteiger partial charge in [0.05, 0.1) is 31.4 Å². The lowest BCUT2D eigenvalue weighted by Crippen LogP contribution is -2.53. The van der Waals surface area contributed by atoms with E-state index in [4.69, 9.17) is 30.5 Å². The molecule has 0 saturated carbocycles. The van der Waals surface area contributed by atoms with E-state index < -0.39 is 17.8 Å². The summed E-state index contributed by atoms with van der Waals surface area (Å²) < 4.78 is 24.1. The Balaban J connectivity index is 1.58. The number of hydrogen-bond acceptors (Lipinski definition) is 7. The highest BCUT2D eigenvalue weighted by Crippen LogP contribution is 2.38. The van der Waals surface area contributed by atoms with Crippen molar-refractivity contribution in [3.05, 3.63) is 86.4 Å². The Morgan fingerprint density at radius 1 is 0.837 bits per heavy atom. The van der Waals surface area contributed by atoms with Gasteiger partial charge < -0.3 is 18.9 Å². The average Bonchev–Trinajstić information content (AvgIpc) is 2.98. The van der Waals surface area contributed by atoms with Gasteiger partial charge in [0.15, 0.2) is 23.0 Å². The van der Waals surface area contributed by atoms with Crippen molar-refractivity contribution in [3.63, 3.8) is 0 Å². The summed E-state index contributed by atoms with van der Waals surface area (Å²) >= 11 is 10.00. The molecule has 3 aromatic carbocycles. The smallest absolute Gasteiger partial charge is 0.331 e. The van der Waals surface area contributed by atoms with Crippen molar-refractivity contribution < 1.29 is 33.3 Å². The molecule has 0 radical (unpaired) electrons. The van der Waals surface area contributed by atoms with Crippen LogP contribution in [0.15, 0.2) is 64.6 Å². The number of urea groups is 1. The molecule has 0 atom stereocenters. The molecule has 0 aliphatic carbocycles. The number of hydrogen-bond donors (Lipinski definition) is 1. The van der Waals surface area contributed by atoms with Gasteiger partial charge >= 0.3 is 6.03 Å². The lowest BCUT2D eigenvalue weighted by molar-refractivity contribution is -0.130. The Bertz CT molecular complexity index is 1520. The normalized spacial score (nSPS) is 14.1. The molecule has 1 aliphatic heterocycles. The van der Waals surface area contributed by atoms with Gasteiger partial charge in [0.25, 0.3) is 11.8 Å². The summed E-state index contributed by atoms with van der Waals surface area (Å²) in [4.78, 5) is 39.9. The van der Waals surface area contributed by atoms with E-state index in [9.17, 15) is 14.4 Å². The molecule has 1 N–H and O–H groups in total. The first-order chi connectivity index (χ1) is 20.7. The van der Waals surface area contributed by atoms with E-state index in [0.29, 0.717) is 53.9 Å². The lowest BCUT2D eigenvalue weighted by atomic mass is 10.1. The van der Waals surface area contributed by atoms with Gasteiger partial charge in [-0.15, -0.1) is 0 Å². The SMILES string of the molecule is CCCOc1ccc(CN2C(=O)NC(=O)/C(=C\c3cc(Cl)c(OCc4ccc(Br)cc4)c(OCC)c3)C2=O)cc1OCC. The number of nitrogens with one attached hydrogen (secondary N) is 1. The Morgan fingerprint density at radius 2 is 1.53 bits per heavy atom. The number of benzene rings is 3. The van der Waals surface area contributed by atoms with Crippen LogP contribution in [-0.2, 0) is 22.7 Å². The standard InChI is InChI=1S/C32H32BrClN2O7/c1-4-13-42-26-12-9-21(16-27(26)40-5-2)18-36-31(38)24(30(37)35-32(36)39)14-22-15-25(34)29(28(17-22)41-6-3)43-19-20-7-10-23(33)11-8-20/h7-12,14-17H,4-6,13,18-19H2,1-3H3,(H,35,37,39)/b24-14+. The van der Waals surface area contributed by atoms with Crippen molar-refractivity contribution >= 4 is 51.5 Å². The molecule has 3 aromatic rings. The fraction of sp³-hybridized carbons (Fsp3) is 0.281. The fourth-order valence-electron chi connectivity index (χ4n) is 4.25. The lowest BCUT2D eigenvalue weighted by Gasteiger charge is -2.26. The first-order valence-electron chi connectivity index (χ1n) is 13.8. The van der Waals surface area contributed by atoms with Crippen molar-refractivity contribution in [2.24, 2.45) is 0 Å². The maximum atomic E-state index is 13.4. The molecule has 1 aliphatic rings. The van der Waals surface area contributed by atoms with Gasteiger partial charge in [-0.05, 0) is 79.4 Å². The van der Waals surface area contributed by atoms with Crippen LogP contribution >= 0.6 is 27.5 Å². The van der Waals surface area contributed by atoms with Crippen molar-refractivity contribution in [3.8, 4) is 23.0 Å². The molecule has 1 saturated heterocycles. The minimum Gasteiger partial charge on any atom is -0.490 e. The number of halogens is 2. The summed E-state index contributed by atoms with van der Waals surface area (Å²) in [6.45, 7) is 7.11. The van der Waals surface area contributed by atoms with Gasteiger partial charge in [0.2, 0.25) is 0 Å². The molecular formula is C32H32BrClN2O7. The number of carbonyl (C=O) groups excluding carboxylic acids is 3. The molecule has 4 rings (SSSR count). The summed E-state index contributed by atoms with van der Waals surface area (Å²) in [7, 11) is 0. The first kappa shape index (κ1) is 31.9. The van der Waals surface area contributed by atoms with Crippen LogP contribution in [0.2, 0.25) is 5.02 Å². The summed E-state index contributed by atoms with van der Waals surface area (Å²) in [5.41, 5.74) is 1.75. The van der Waals surface area contributed by atoms with Crippen LogP contribution in [0.25, 0.3) is 6.08 Å². The monoisotopic (exact) mass is 670 g/mol. The van der Waals surface area contributed by atoms with Crippen molar-refractivity contribution in [1.82, 2.24) is 10.2 Å². The van der Waals surface area contributed by atoms with Gasteiger partial charge in [-0.25, -0.2) is 4.79 Å². The number of ether oxygens (including phenoxy) is 4. The molecule has 0 aromatic heterocycles. The number of carbonyl (C=O) groups is 3. The predicted octanol–water partition coefficient (Wildman–Crippen LogP) is 6.93. The third-order valence-electron chi connectivity index (χ3n) is 6.24. The zero-order chi connectivity index (χ0) is 30.9. The van der Waals surface area contributed by atoms with Crippen LogP contribution in [0.1, 0.15) is 43.9 Å². The summed E-state index contributed by atoms with van der Waals surface area (Å²) in [6, 6.07) is 15.2. The fourth-order valence-corrected chi connectivity index (χ4v) is 4.79. The van der Waals surface area contributed by atoms with Gasteiger partial charge in [-0.3, -0.25) is 19.8 Å². The second kappa shape index (κ2) is 14.9. The summed E-state index contributed by atoms with van der Waals surface area (Å²) in [5.74, 6) is 0.206. The van der Waals surface area contributed by atoms with Crippen LogP contribution in [0.4, 0.5) is 4.79 Å². The van der Waals surface area contributed by atoms with E-state index in [1.54, 1.807) is 30.3 Å². The number of barbiturate groups is 1. The molecule has 0 spiro atoms. The molecule has 0 unspecified atom stereocenters. The highest BCUT2D eigenvalue weighted by Gasteiger charge is 2.36. The van der Waals surface area contributed by atoms with Crippen LogP contribution in [0.3, 0.4) is 0 Å². The van der Waals surface area contributed by atoms with Gasteiger partial charge in [0, 0.05) is 4.47 Å². The number of imide groups is 2. The summed E-state index contributed by atoms with van der Waals surface area (Å²) in [5, 5.41) is 2.48. The van der Waals surface area contributed by atoms with Gasteiger partial charge in [-0.1, -0.05) is 52.7 Å². The van der Waals surface area contributed by atoms with Crippen LogP contribution < -0.4 is 24.3 Å². The minimum absolute atomic E-state index is 0.0861. The van der Waals surface area contributed by atoms with Crippen molar-refractivity contribution in [2.45, 2.75) is 40.3 Å². The highest BCUT2D eigenvalue weighted by molar-refractivity contribution is 9.10.